The Labute approximate surface area is 187 Å². The van der Waals surface area contributed by atoms with E-state index in [0.717, 1.165) is 0 Å². The highest BCUT2D eigenvalue weighted by Gasteiger charge is 2.12. The maximum atomic E-state index is 12.3. The molecule has 3 aromatic carbocycles. The molecule has 7 nitrogen and oxygen atoms in total. The second-order valence-electron chi connectivity index (χ2n) is 6.13. The molecule has 0 saturated heterocycles. The van der Waals surface area contributed by atoms with Crippen molar-refractivity contribution in [2.45, 2.75) is 0 Å². The first kappa shape index (κ1) is 21.7. The smallest absolute Gasteiger partial charge is 0.344 e. The van der Waals surface area contributed by atoms with Gasteiger partial charge in [-0.05, 0) is 57.9 Å². The number of ether oxygens (including phenoxy) is 2. The van der Waals surface area contributed by atoms with Gasteiger partial charge in [0.1, 0.15) is 17.6 Å². The minimum absolute atomic E-state index is 0.292. The van der Waals surface area contributed by atoms with Gasteiger partial charge in [-0.1, -0.05) is 36.4 Å². The van der Waals surface area contributed by atoms with Crippen LogP contribution in [0.1, 0.15) is 21.5 Å². The van der Waals surface area contributed by atoms with Crippen LogP contribution in [0.2, 0.25) is 0 Å². The summed E-state index contributed by atoms with van der Waals surface area (Å²) in [5.41, 5.74) is 3.71. The van der Waals surface area contributed by atoms with Crippen molar-refractivity contribution in [2.24, 2.45) is 5.10 Å². The van der Waals surface area contributed by atoms with Gasteiger partial charge < -0.3 is 9.47 Å². The zero-order valence-corrected chi connectivity index (χ0v) is 17.7. The van der Waals surface area contributed by atoms with E-state index < -0.39 is 11.9 Å². The van der Waals surface area contributed by atoms with Gasteiger partial charge >= 0.3 is 5.97 Å². The van der Waals surface area contributed by atoms with E-state index in [4.69, 9.17) is 14.7 Å². The van der Waals surface area contributed by atoms with Crippen LogP contribution in [-0.2, 0) is 4.79 Å². The monoisotopic (exact) mass is 477 g/mol. The zero-order chi connectivity index (χ0) is 22.1. The van der Waals surface area contributed by atoms with Crippen molar-refractivity contribution in [3.05, 3.63) is 94.0 Å². The number of hydrogen-bond acceptors (Lipinski definition) is 6. The topological polar surface area (TPSA) is 101 Å². The first-order chi connectivity index (χ1) is 15.1. The summed E-state index contributed by atoms with van der Waals surface area (Å²) < 4.78 is 11.4. The van der Waals surface area contributed by atoms with Gasteiger partial charge in [-0.15, -0.1) is 0 Å². The van der Waals surface area contributed by atoms with Gasteiger partial charge in [0.2, 0.25) is 0 Å². The van der Waals surface area contributed by atoms with Crippen LogP contribution in [0.3, 0.4) is 0 Å². The van der Waals surface area contributed by atoms with Gasteiger partial charge in [-0.2, -0.15) is 10.4 Å². The number of nitriles is 1. The fourth-order valence-electron chi connectivity index (χ4n) is 2.49. The van der Waals surface area contributed by atoms with Crippen molar-refractivity contribution >= 4 is 34.0 Å². The minimum Gasteiger partial charge on any atom is -0.482 e. The zero-order valence-electron chi connectivity index (χ0n) is 16.1. The van der Waals surface area contributed by atoms with Crippen molar-refractivity contribution in [1.82, 2.24) is 5.43 Å². The molecule has 31 heavy (non-hydrogen) atoms. The fourth-order valence-corrected chi connectivity index (χ4v) is 2.93. The van der Waals surface area contributed by atoms with Crippen molar-refractivity contribution < 1.29 is 19.1 Å². The average Bonchev–Trinajstić information content (AvgIpc) is 2.78. The molecule has 0 radical (unpaired) electrons. The molecule has 0 aromatic heterocycles. The van der Waals surface area contributed by atoms with E-state index in [2.05, 4.69) is 26.5 Å². The molecule has 0 heterocycles. The molecule has 0 fully saturated rings. The number of rotatable bonds is 7. The lowest BCUT2D eigenvalue weighted by molar-refractivity contribution is -0.123. The number of carbonyl (C=O) groups is 2. The third-order valence-electron chi connectivity index (χ3n) is 3.93. The van der Waals surface area contributed by atoms with Crippen LogP contribution in [0.25, 0.3) is 0 Å². The van der Waals surface area contributed by atoms with E-state index in [-0.39, 0.29) is 6.61 Å². The predicted molar refractivity (Wildman–Crippen MR) is 118 cm³/mol. The molecule has 0 bridgehead atoms. The van der Waals surface area contributed by atoms with Crippen LogP contribution in [-0.4, -0.2) is 24.7 Å². The Morgan fingerprint density at radius 2 is 1.84 bits per heavy atom. The van der Waals surface area contributed by atoms with Crippen molar-refractivity contribution in [3.63, 3.8) is 0 Å². The molecule has 3 aromatic rings. The highest BCUT2D eigenvalue weighted by molar-refractivity contribution is 9.10. The minimum atomic E-state index is -0.496. The van der Waals surface area contributed by atoms with Gasteiger partial charge in [0.25, 0.3) is 5.91 Å². The second-order valence-corrected chi connectivity index (χ2v) is 6.99. The number of hydrogen-bond donors (Lipinski definition) is 1. The summed E-state index contributed by atoms with van der Waals surface area (Å²) in [6.07, 6.45) is 1.41. The summed E-state index contributed by atoms with van der Waals surface area (Å²) in [6, 6.07) is 22.3. The quantitative estimate of drug-likeness (QED) is 0.239. The molecule has 0 unspecified atom stereocenters. The molecule has 0 aliphatic rings. The maximum absolute atomic E-state index is 12.3. The molecule has 154 valence electrons. The number of para-hydroxylation sites is 1. The number of benzene rings is 3. The molecular formula is C23H16BrN3O4. The van der Waals surface area contributed by atoms with E-state index in [1.807, 2.05) is 6.07 Å². The number of hydrazone groups is 1. The lowest BCUT2D eigenvalue weighted by Gasteiger charge is -2.07. The Kier molecular flexibility index (Phi) is 7.51. The standard InChI is InChI=1S/C23H16BrN3O4/c24-20-10-3-2-9-19(20)23(29)31-18-8-5-6-16(12-18)14-26-27-22(28)15-30-21-11-4-1-7-17(21)13-25/h1-12,14H,15H2,(H,27,28)/b26-14+. The van der Waals surface area contributed by atoms with E-state index in [1.165, 1.54) is 6.21 Å². The molecule has 3 rings (SSSR count). The summed E-state index contributed by atoms with van der Waals surface area (Å²) in [7, 11) is 0. The van der Waals surface area contributed by atoms with Crippen molar-refractivity contribution in [3.8, 4) is 17.6 Å². The van der Waals surface area contributed by atoms with Crippen LogP contribution in [0.15, 0.2) is 82.4 Å². The molecule has 0 aliphatic heterocycles. The van der Waals surface area contributed by atoms with E-state index in [0.29, 0.717) is 32.7 Å². The Bertz CT molecular complexity index is 1170. The fraction of sp³-hybridized carbons (Fsp3) is 0.0435. The first-order valence-electron chi connectivity index (χ1n) is 9.07. The second kappa shape index (κ2) is 10.7. The van der Waals surface area contributed by atoms with Crippen molar-refractivity contribution in [1.29, 1.82) is 5.26 Å². The normalized spacial score (nSPS) is 10.3. The summed E-state index contributed by atoms with van der Waals surface area (Å²) in [6.45, 7) is -0.292. The van der Waals surface area contributed by atoms with E-state index in [9.17, 15) is 9.59 Å². The Balaban J connectivity index is 1.54. The maximum Gasteiger partial charge on any atom is 0.344 e. The van der Waals surface area contributed by atoms with Gasteiger partial charge in [-0.3, -0.25) is 4.79 Å². The van der Waals surface area contributed by atoms with Crippen LogP contribution < -0.4 is 14.9 Å². The van der Waals surface area contributed by atoms with Crippen LogP contribution in [0.4, 0.5) is 0 Å². The third-order valence-corrected chi connectivity index (χ3v) is 4.62. The molecular weight excluding hydrogens is 462 g/mol. The van der Waals surface area contributed by atoms with Crippen molar-refractivity contribution in [2.75, 3.05) is 6.61 Å². The third kappa shape index (κ3) is 6.26. The Morgan fingerprint density at radius 3 is 2.65 bits per heavy atom. The van der Waals surface area contributed by atoms with Crippen LogP contribution in [0.5, 0.6) is 11.5 Å². The van der Waals surface area contributed by atoms with Crippen LogP contribution in [0, 0.1) is 11.3 Å². The highest BCUT2D eigenvalue weighted by atomic mass is 79.9. The molecule has 1 amide bonds. The van der Waals surface area contributed by atoms with Gasteiger partial charge in [0, 0.05) is 4.47 Å². The van der Waals surface area contributed by atoms with Crippen LogP contribution >= 0.6 is 15.9 Å². The summed E-state index contributed by atoms with van der Waals surface area (Å²) in [4.78, 5) is 24.2. The molecule has 0 aliphatic carbocycles. The molecule has 0 atom stereocenters. The number of esters is 1. The van der Waals surface area contributed by atoms with E-state index in [1.54, 1.807) is 72.8 Å². The first-order valence-corrected chi connectivity index (χ1v) is 9.86. The average molecular weight is 478 g/mol. The lowest BCUT2D eigenvalue weighted by Crippen LogP contribution is -2.24. The largest absolute Gasteiger partial charge is 0.482 e. The summed E-state index contributed by atoms with van der Waals surface area (Å²) >= 11 is 3.32. The molecule has 0 saturated carbocycles. The van der Waals surface area contributed by atoms with Gasteiger partial charge in [0.05, 0.1) is 17.3 Å². The predicted octanol–water partition coefficient (Wildman–Crippen LogP) is 4.07. The van der Waals surface area contributed by atoms with Gasteiger partial charge in [-0.25, -0.2) is 10.2 Å². The number of nitrogens with one attached hydrogen (secondary N) is 1. The highest BCUT2D eigenvalue weighted by Crippen LogP contribution is 2.20. The molecule has 8 heteroatoms. The lowest BCUT2D eigenvalue weighted by atomic mass is 10.2. The SMILES string of the molecule is N#Cc1ccccc1OCC(=O)N/N=C/c1cccc(OC(=O)c2ccccc2Br)c1. The number of nitrogens with zero attached hydrogens (tertiary/aromatic N) is 2. The number of amides is 1. The summed E-state index contributed by atoms with van der Waals surface area (Å²) in [5.74, 6) is -0.318. The molecule has 1 N–H and O–H groups in total. The Hall–Kier alpha value is -3.96. The van der Waals surface area contributed by atoms with E-state index >= 15 is 0 Å². The van der Waals surface area contributed by atoms with Gasteiger partial charge in [0.15, 0.2) is 6.61 Å². The summed E-state index contributed by atoms with van der Waals surface area (Å²) in [5, 5.41) is 12.9. The number of halogens is 1. The number of carbonyl (C=O) groups excluding carboxylic acids is 2. The molecule has 0 spiro atoms. The Morgan fingerprint density at radius 1 is 1.06 bits per heavy atom.